The molecule has 4 heteroatoms. The van der Waals surface area contributed by atoms with E-state index >= 15 is 0 Å². The van der Waals surface area contributed by atoms with Crippen LogP contribution < -0.4 is 5.32 Å². The molecule has 0 spiro atoms. The summed E-state index contributed by atoms with van der Waals surface area (Å²) in [6.07, 6.45) is 2.14. The van der Waals surface area contributed by atoms with Crippen LogP contribution in [0.15, 0.2) is 54.6 Å². The van der Waals surface area contributed by atoms with Gasteiger partial charge >= 0.3 is 0 Å². The standard InChI is InChI=1S/C19H22N2O.ClH/c1-15-8-5-6-11-17(15)18-12-7-13-21(18)19(22)14-20-16-9-3-2-4-10-16;/h2-6,8-11,18,20H,7,12-14H2,1H3;1H. The van der Waals surface area contributed by atoms with E-state index in [1.165, 1.54) is 11.1 Å². The molecule has 0 aliphatic carbocycles. The summed E-state index contributed by atoms with van der Waals surface area (Å²) in [6, 6.07) is 18.5. The first kappa shape index (κ1) is 17.4. The van der Waals surface area contributed by atoms with Gasteiger partial charge in [-0.25, -0.2) is 0 Å². The Kier molecular flexibility index (Phi) is 6.05. The third kappa shape index (κ3) is 4.05. The molecule has 1 atom stereocenters. The van der Waals surface area contributed by atoms with Crippen molar-refractivity contribution in [2.45, 2.75) is 25.8 Å². The fourth-order valence-corrected chi connectivity index (χ4v) is 3.18. The molecule has 1 fully saturated rings. The van der Waals surface area contributed by atoms with Crippen LogP contribution in [0.2, 0.25) is 0 Å². The van der Waals surface area contributed by atoms with E-state index in [-0.39, 0.29) is 24.4 Å². The fourth-order valence-electron chi connectivity index (χ4n) is 3.18. The van der Waals surface area contributed by atoms with Gasteiger partial charge in [-0.3, -0.25) is 4.79 Å². The van der Waals surface area contributed by atoms with Gasteiger partial charge in [0, 0.05) is 12.2 Å². The summed E-state index contributed by atoms with van der Waals surface area (Å²) >= 11 is 0. The van der Waals surface area contributed by atoms with Gasteiger partial charge in [0.25, 0.3) is 0 Å². The number of likely N-dealkylation sites (tertiary alicyclic amines) is 1. The first-order valence-corrected chi connectivity index (χ1v) is 7.89. The second-order valence-corrected chi connectivity index (χ2v) is 5.82. The highest BCUT2D eigenvalue weighted by atomic mass is 35.5. The molecule has 0 saturated carbocycles. The molecule has 1 N–H and O–H groups in total. The summed E-state index contributed by atoms with van der Waals surface area (Å²) in [6.45, 7) is 3.33. The smallest absolute Gasteiger partial charge is 0.242 e. The van der Waals surface area contributed by atoms with Crippen molar-refractivity contribution in [1.82, 2.24) is 4.90 Å². The number of nitrogens with zero attached hydrogens (tertiary/aromatic N) is 1. The Balaban J connectivity index is 0.00000192. The maximum Gasteiger partial charge on any atom is 0.242 e. The molecule has 0 bridgehead atoms. The van der Waals surface area contributed by atoms with E-state index in [9.17, 15) is 4.79 Å². The zero-order valence-corrected chi connectivity index (χ0v) is 14.2. The highest BCUT2D eigenvalue weighted by Gasteiger charge is 2.30. The van der Waals surface area contributed by atoms with Crippen molar-refractivity contribution in [2.24, 2.45) is 0 Å². The van der Waals surface area contributed by atoms with Crippen molar-refractivity contribution in [3.05, 3.63) is 65.7 Å². The van der Waals surface area contributed by atoms with Crippen molar-refractivity contribution in [3.8, 4) is 0 Å². The monoisotopic (exact) mass is 330 g/mol. The molecule has 122 valence electrons. The number of anilines is 1. The third-order valence-corrected chi connectivity index (χ3v) is 4.34. The molecule has 1 aliphatic heterocycles. The molecule has 2 aromatic carbocycles. The molecule has 1 aliphatic rings. The minimum atomic E-state index is 0. The minimum Gasteiger partial charge on any atom is -0.376 e. The van der Waals surface area contributed by atoms with Crippen molar-refractivity contribution in [3.63, 3.8) is 0 Å². The average molecular weight is 331 g/mol. The Labute approximate surface area is 144 Å². The van der Waals surface area contributed by atoms with Gasteiger partial charge in [-0.05, 0) is 43.0 Å². The lowest BCUT2D eigenvalue weighted by Crippen LogP contribution is -2.35. The minimum absolute atomic E-state index is 0. The lowest BCUT2D eigenvalue weighted by Gasteiger charge is -2.26. The SMILES string of the molecule is Cc1ccccc1C1CCCN1C(=O)CNc1ccccc1.Cl. The maximum absolute atomic E-state index is 12.6. The van der Waals surface area contributed by atoms with Crippen LogP contribution in [0.3, 0.4) is 0 Å². The highest BCUT2D eigenvalue weighted by Crippen LogP contribution is 2.33. The molecule has 1 unspecified atom stereocenters. The van der Waals surface area contributed by atoms with Crippen molar-refractivity contribution in [1.29, 1.82) is 0 Å². The van der Waals surface area contributed by atoms with Crippen LogP contribution in [0, 0.1) is 6.92 Å². The summed E-state index contributed by atoms with van der Waals surface area (Å²) in [5.41, 5.74) is 3.54. The summed E-state index contributed by atoms with van der Waals surface area (Å²) in [4.78, 5) is 14.6. The number of halogens is 1. The molecule has 3 rings (SSSR count). The van der Waals surface area contributed by atoms with Gasteiger partial charge in [0.15, 0.2) is 0 Å². The van der Waals surface area contributed by atoms with Gasteiger partial charge in [0.2, 0.25) is 5.91 Å². The number of nitrogens with one attached hydrogen (secondary N) is 1. The molecule has 23 heavy (non-hydrogen) atoms. The number of carbonyl (C=O) groups is 1. The van der Waals surface area contributed by atoms with Crippen molar-refractivity contribution < 1.29 is 4.79 Å². The number of carbonyl (C=O) groups excluding carboxylic acids is 1. The predicted octanol–water partition coefficient (Wildman–Crippen LogP) is 4.19. The number of rotatable bonds is 4. The van der Waals surface area contributed by atoms with Gasteiger partial charge < -0.3 is 10.2 Å². The van der Waals surface area contributed by atoms with E-state index in [1.807, 2.05) is 35.2 Å². The molecule has 0 radical (unpaired) electrons. The molecule has 2 aromatic rings. The Morgan fingerprint density at radius 3 is 2.57 bits per heavy atom. The molecule has 1 amide bonds. The van der Waals surface area contributed by atoms with Gasteiger partial charge in [-0.15, -0.1) is 12.4 Å². The first-order valence-electron chi connectivity index (χ1n) is 7.89. The van der Waals surface area contributed by atoms with Crippen molar-refractivity contribution >= 4 is 24.0 Å². The summed E-state index contributed by atoms with van der Waals surface area (Å²) < 4.78 is 0. The summed E-state index contributed by atoms with van der Waals surface area (Å²) in [5, 5.41) is 3.22. The lowest BCUT2D eigenvalue weighted by molar-refractivity contribution is -0.130. The quantitative estimate of drug-likeness (QED) is 0.911. The van der Waals surface area contributed by atoms with Gasteiger partial charge in [-0.2, -0.15) is 0 Å². The number of benzene rings is 2. The Hall–Kier alpha value is -2.00. The summed E-state index contributed by atoms with van der Waals surface area (Å²) in [7, 11) is 0. The largest absolute Gasteiger partial charge is 0.376 e. The zero-order chi connectivity index (χ0) is 15.4. The Bertz CT molecular complexity index is 645. The topological polar surface area (TPSA) is 32.3 Å². The third-order valence-electron chi connectivity index (χ3n) is 4.34. The molecule has 0 aromatic heterocycles. The van der Waals surface area contributed by atoms with Gasteiger partial charge in [0.05, 0.1) is 12.6 Å². The van der Waals surface area contributed by atoms with Crippen molar-refractivity contribution in [2.75, 3.05) is 18.4 Å². The number of hydrogen-bond acceptors (Lipinski definition) is 2. The number of para-hydroxylation sites is 1. The first-order chi connectivity index (χ1) is 10.8. The predicted molar refractivity (Wildman–Crippen MR) is 97.0 cm³/mol. The maximum atomic E-state index is 12.6. The van der Waals surface area contributed by atoms with E-state index in [0.717, 1.165) is 25.1 Å². The Morgan fingerprint density at radius 1 is 1.13 bits per heavy atom. The van der Waals surface area contributed by atoms with Gasteiger partial charge in [0.1, 0.15) is 0 Å². The molecular weight excluding hydrogens is 308 g/mol. The van der Waals surface area contributed by atoms with E-state index in [2.05, 4.69) is 36.5 Å². The van der Waals surface area contributed by atoms with Crippen LogP contribution in [0.1, 0.15) is 30.0 Å². The van der Waals surface area contributed by atoms with Crippen LogP contribution in [0.5, 0.6) is 0 Å². The Morgan fingerprint density at radius 2 is 1.83 bits per heavy atom. The van der Waals surface area contributed by atoms with Crippen LogP contribution >= 0.6 is 12.4 Å². The van der Waals surface area contributed by atoms with Crippen LogP contribution in [0.4, 0.5) is 5.69 Å². The molecular formula is C19H23ClN2O. The van der Waals surface area contributed by atoms with Crippen LogP contribution in [0.25, 0.3) is 0 Å². The fraction of sp³-hybridized carbons (Fsp3) is 0.316. The van der Waals surface area contributed by atoms with E-state index in [1.54, 1.807) is 0 Å². The average Bonchev–Trinajstić information content (AvgIpc) is 3.03. The number of amides is 1. The van der Waals surface area contributed by atoms with Gasteiger partial charge in [-0.1, -0.05) is 42.5 Å². The molecule has 1 heterocycles. The second-order valence-electron chi connectivity index (χ2n) is 5.82. The van der Waals surface area contributed by atoms with E-state index in [0.29, 0.717) is 6.54 Å². The van der Waals surface area contributed by atoms with E-state index < -0.39 is 0 Å². The molecule has 1 saturated heterocycles. The summed E-state index contributed by atoms with van der Waals surface area (Å²) in [5.74, 6) is 0.176. The number of aryl methyl sites for hydroxylation is 1. The molecule has 3 nitrogen and oxygen atoms in total. The number of hydrogen-bond donors (Lipinski definition) is 1. The van der Waals surface area contributed by atoms with Crippen LogP contribution in [-0.2, 0) is 4.79 Å². The highest BCUT2D eigenvalue weighted by molar-refractivity contribution is 5.85. The van der Waals surface area contributed by atoms with E-state index in [4.69, 9.17) is 0 Å². The second kappa shape index (κ2) is 8.02. The normalized spacial score (nSPS) is 16.7. The zero-order valence-electron chi connectivity index (χ0n) is 13.4. The van der Waals surface area contributed by atoms with Crippen LogP contribution in [-0.4, -0.2) is 23.9 Å². The lowest BCUT2D eigenvalue weighted by atomic mass is 9.99.